The second kappa shape index (κ2) is 12.2. The first-order valence-corrected chi connectivity index (χ1v) is 13.0. The Labute approximate surface area is 232 Å². The van der Waals surface area contributed by atoms with Crippen molar-refractivity contribution in [3.63, 3.8) is 0 Å². The molecule has 0 bridgehead atoms. The monoisotopic (exact) mass is 584 g/mol. The number of benzene rings is 3. The zero-order valence-corrected chi connectivity index (χ0v) is 22.8. The van der Waals surface area contributed by atoms with E-state index in [1.165, 1.54) is 17.3 Å². The van der Waals surface area contributed by atoms with Crippen molar-refractivity contribution in [3.8, 4) is 0 Å². The summed E-state index contributed by atoms with van der Waals surface area (Å²) in [6, 6.07) is 14.4. The first-order chi connectivity index (χ1) is 17.0. The number of thioether (sulfide) groups is 1. The summed E-state index contributed by atoms with van der Waals surface area (Å²) >= 11 is 25.4. The van der Waals surface area contributed by atoms with Crippen LogP contribution in [-0.4, -0.2) is 28.6 Å². The van der Waals surface area contributed by atoms with Gasteiger partial charge in [0.15, 0.2) is 0 Å². The molecule has 0 aliphatic heterocycles. The van der Waals surface area contributed by atoms with Crippen LogP contribution >= 0.6 is 58.2 Å². The van der Waals surface area contributed by atoms with Crippen LogP contribution in [0.5, 0.6) is 0 Å². The number of nitrogens with one attached hydrogen (secondary N) is 2. The third-order valence-corrected chi connectivity index (χ3v) is 7.83. The predicted molar refractivity (Wildman–Crippen MR) is 148 cm³/mol. The maximum Gasteiger partial charge on any atom is 0.338 e. The summed E-state index contributed by atoms with van der Waals surface area (Å²) in [4.78, 5) is 37.7. The number of carbonyl (C=O) groups excluding carboxylic acids is 2. The third kappa shape index (κ3) is 6.66. The molecule has 0 atom stereocenters. The maximum absolute atomic E-state index is 12.9. The van der Waals surface area contributed by atoms with Gasteiger partial charge in [-0.2, -0.15) is 0 Å². The Bertz CT molecular complexity index is 1330. The molecule has 6 nitrogen and oxygen atoms in total. The molecule has 3 N–H and O–H groups in total. The summed E-state index contributed by atoms with van der Waals surface area (Å²) in [6.45, 7) is 4.19. The zero-order valence-electron chi connectivity index (χ0n) is 19.0. The molecular formula is C25H20Cl4N2O4S. The van der Waals surface area contributed by atoms with Gasteiger partial charge in [0.1, 0.15) is 0 Å². The number of halogens is 4. The van der Waals surface area contributed by atoms with Crippen molar-refractivity contribution in [3.05, 3.63) is 85.3 Å². The number of carbonyl (C=O) groups is 3. The summed E-state index contributed by atoms with van der Waals surface area (Å²) in [5, 5.41) is 13.8. The average Bonchev–Trinajstić information content (AvgIpc) is 2.83. The molecule has 36 heavy (non-hydrogen) atoms. The minimum Gasteiger partial charge on any atom is -0.478 e. The number of carboxylic acid groups (broad SMARTS) is 1. The van der Waals surface area contributed by atoms with Crippen molar-refractivity contribution in [2.24, 2.45) is 0 Å². The molecule has 0 saturated carbocycles. The van der Waals surface area contributed by atoms with Crippen molar-refractivity contribution < 1.29 is 19.5 Å². The minimum atomic E-state index is -1.49. The van der Waals surface area contributed by atoms with E-state index in [1.54, 1.807) is 24.3 Å². The molecule has 188 valence electrons. The molecule has 2 amide bonds. The van der Waals surface area contributed by atoms with Crippen LogP contribution in [0, 0.1) is 0 Å². The Morgan fingerprint density at radius 3 is 2.03 bits per heavy atom. The van der Waals surface area contributed by atoms with Gasteiger partial charge in [0.05, 0.1) is 37.0 Å². The highest BCUT2D eigenvalue weighted by Crippen LogP contribution is 2.42. The van der Waals surface area contributed by atoms with Gasteiger partial charge in [-0.25, -0.2) is 4.79 Å². The quantitative estimate of drug-likeness (QED) is 0.141. The minimum absolute atomic E-state index is 0.140. The van der Waals surface area contributed by atoms with Gasteiger partial charge in [0.2, 0.25) is 5.91 Å². The number of hydrogen-bond acceptors (Lipinski definition) is 4. The summed E-state index contributed by atoms with van der Waals surface area (Å²) in [6.07, 6.45) is 0. The van der Waals surface area contributed by atoms with Gasteiger partial charge in [-0.05, 0) is 41.8 Å². The summed E-state index contributed by atoms with van der Waals surface area (Å²) in [5.41, 5.74) is 1.27. The molecule has 3 aromatic rings. The topological polar surface area (TPSA) is 95.5 Å². The number of amides is 2. The zero-order chi connectivity index (χ0) is 26.6. The molecule has 0 fully saturated rings. The van der Waals surface area contributed by atoms with Crippen molar-refractivity contribution in [1.29, 1.82) is 0 Å². The van der Waals surface area contributed by atoms with Crippen LogP contribution in [0.25, 0.3) is 0 Å². The van der Waals surface area contributed by atoms with Crippen LogP contribution in [0.1, 0.15) is 46.0 Å². The number of aromatic carboxylic acids is 1. The highest BCUT2D eigenvalue weighted by Gasteiger charge is 2.29. The molecule has 0 heterocycles. The van der Waals surface area contributed by atoms with Gasteiger partial charge in [-0.15, -0.1) is 11.8 Å². The van der Waals surface area contributed by atoms with Crippen molar-refractivity contribution in [2.75, 3.05) is 16.4 Å². The van der Waals surface area contributed by atoms with E-state index in [-0.39, 0.29) is 26.7 Å². The van der Waals surface area contributed by atoms with E-state index in [0.717, 1.165) is 0 Å². The molecule has 0 saturated heterocycles. The highest BCUT2D eigenvalue weighted by molar-refractivity contribution is 8.00. The van der Waals surface area contributed by atoms with Gasteiger partial charge >= 0.3 is 5.97 Å². The highest BCUT2D eigenvalue weighted by atomic mass is 35.5. The molecule has 0 radical (unpaired) electrons. The Morgan fingerprint density at radius 2 is 1.44 bits per heavy atom. The van der Waals surface area contributed by atoms with Crippen LogP contribution in [0.4, 0.5) is 11.4 Å². The third-order valence-electron chi connectivity index (χ3n) is 5.03. The lowest BCUT2D eigenvalue weighted by atomic mass is 10.0. The molecule has 0 unspecified atom stereocenters. The van der Waals surface area contributed by atoms with Crippen LogP contribution in [0.3, 0.4) is 0 Å². The van der Waals surface area contributed by atoms with E-state index < -0.39 is 28.0 Å². The Kier molecular flexibility index (Phi) is 9.55. The molecule has 0 aromatic heterocycles. The van der Waals surface area contributed by atoms with E-state index in [1.807, 2.05) is 24.3 Å². The molecule has 0 aliphatic rings. The van der Waals surface area contributed by atoms with Gasteiger partial charge in [0, 0.05) is 16.3 Å². The maximum atomic E-state index is 12.9. The second-order valence-corrected chi connectivity index (χ2v) is 10.5. The van der Waals surface area contributed by atoms with E-state index in [0.29, 0.717) is 22.2 Å². The predicted octanol–water partition coefficient (Wildman–Crippen LogP) is 8.10. The van der Waals surface area contributed by atoms with Crippen LogP contribution in [0.2, 0.25) is 20.1 Å². The summed E-state index contributed by atoms with van der Waals surface area (Å²) in [7, 11) is 0. The summed E-state index contributed by atoms with van der Waals surface area (Å²) < 4.78 is 0. The molecular weight excluding hydrogens is 566 g/mol. The van der Waals surface area contributed by atoms with Crippen molar-refractivity contribution in [1.82, 2.24) is 0 Å². The normalized spacial score (nSPS) is 10.9. The fourth-order valence-corrected chi connectivity index (χ4v) is 4.97. The molecule has 3 aromatic carbocycles. The van der Waals surface area contributed by atoms with Crippen molar-refractivity contribution in [2.45, 2.75) is 24.7 Å². The van der Waals surface area contributed by atoms with E-state index in [9.17, 15) is 19.5 Å². The van der Waals surface area contributed by atoms with Gasteiger partial charge in [-0.1, -0.05) is 78.5 Å². The fraction of sp³-hybridized carbons (Fsp3) is 0.160. The Hall–Kier alpha value is -2.42. The van der Waals surface area contributed by atoms with Gasteiger partial charge < -0.3 is 15.7 Å². The Balaban J connectivity index is 1.70. The molecule has 0 spiro atoms. The van der Waals surface area contributed by atoms with Crippen LogP contribution in [0.15, 0.2) is 53.4 Å². The lowest BCUT2D eigenvalue weighted by molar-refractivity contribution is -0.113. The largest absolute Gasteiger partial charge is 0.478 e. The number of carboxylic acids is 1. The first-order valence-electron chi connectivity index (χ1n) is 10.5. The van der Waals surface area contributed by atoms with E-state index in [2.05, 4.69) is 24.5 Å². The average molecular weight is 586 g/mol. The number of hydrogen-bond donors (Lipinski definition) is 3. The van der Waals surface area contributed by atoms with E-state index >= 15 is 0 Å². The fourth-order valence-electron chi connectivity index (χ4n) is 3.20. The van der Waals surface area contributed by atoms with Gasteiger partial charge in [-0.3, -0.25) is 9.59 Å². The molecule has 0 aliphatic carbocycles. The second-order valence-electron chi connectivity index (χ2n) is 7.91. The van der Waals surface area contributed by atoms with E-state index in [4.69, 9.17) is 46.4 Å². The summed E-state index contributed by atoms with van der Waals surface area (Å²) in [5.74, 6) is -1.96. The Morgan fingerprint density at radius 1 is 0.833 bits per heavy atom. The SMILES string of the molecule is CC(C)c1ccc(NC(=O)CSc2cccc(NC(=O)c3c(Cl)c(Cl)c(Cl)c(Cl)c3C(=O)O)c2)cc1. The standard InChI is InChI=1S/C25H20Cl4N2O4S/c1-12(2)13-6-8-14(9-7-13)30-17(32)11-36-16-5-3-4-15(10-16)31-24(33)18-19(25(34)35)21(27)23(29)22(28)20(18)26/h3-10,12H,11H2,1-2H3,(H,30,32)(H,31,33)(H,34,35). The van der Waals surface area contributed by atoms with Crippen LogP contribution in [-0.2, 0) is 4.79 Å². The lowest BCUT2D eigenvalue weighted by Gasteiger charge is -2.14. The molecule has 11 heteroatoms. The number of rotatable bonds is 8. The van der Waals surface area contributed by atoms with Crippen molar-refractivity contribution >= 4 is 87.3 Å². The first kappa shape index (κ1) is 28.2. The van der Waals surface area contributed by atoms with Gasteiger partial charge in [0.25, 0.3) is 5.91 Å². The van der Waals surface area contributed by atoms with Crippen LogP contribution < -0.4 is 10.6 Å². The smallest absolute Gasteiger partial charge is 0.338 e. The number of anilines is 2. The molecule has 3 rings (SSSR count). The lowest BCUT2D eigenvalue weighted by Crippen LogP contribution is -2.18.